The van der Waals surface area contributed by atoms with E-state index in [1.807, 2.05) is 37.3 Å². The first-order valence-electron chi connectivity index (χ1n) is 7.64. The number of aromatic nitrogens is 1. The van der Waals surface area contributed by atoms with Gasteiger partial charge in [0.05, 0.1) is 5.69 Å². The van der Waals surface area contributed by atoms with E-state index in [1.165, 1.54) is 0 Å². The van der Waals surface area contributed by atoms with Crippen LogP contribution in [0.15, 0.2) is 42.6 Å². The van der Waals surface area contributed by atoms with Gasteiger partial charge in [-0.25, -0.2) is 0 Å². The molecule has 0 spiro atoms. The lowest BCUT2D eigenvalue weighted by Gasteiger charge is -2.13. The number of likely N-dealkylation sites (tertiary alicyclic amines) is 1. The Hall–Kier alpha value is -2.69. The largest absolute Gasteiger partial charge is 0.344 e. The Bertz CT molecular complexity index is 757. The molecule has 0 aliphatic carbocycles. The zero-order chi connectivity index (χ0) is 16.4. The molecule has 1 saturated heterocycles. The Morgan fingerprint density at radius 1 is 1.30 bits per heavy atom. The molecule has 1 N–H and O–H groups in total. The van der Waals surface area contributed by atoms with E-state index in [0.717, 1.165) is 16.8 Å². The first-order valence-corrected chi connectivity index (χ1v) is 7.64. The maximum Gasteiger partial charge on any atom is 0.251 e. The molecule has 0 unspecified atom stereocenters. The molecule has 3 rings (SSSR count). The number of carbonyl (C=O) groups is 2. The zero-order valence-electron chi connectivity index (χ0n) is 13.2. The third-order valence-electron chi connectivity index (χ3n) is 4.14. The van der Waals surface area contributed by atoms with Gasteiger partial charge >= 0.3 is 0 Å². The number of rotatable bonds is 3. The van der Waals surface area contributed by atoms with Gasteiger partial charge in [0.2, 0.25) is 5.91 Å². The molecule has 1 atom stereocenters. The molecule has 1 aliphatic heterocycles. The van der Waals surface area contributed by atoms with Crippen LogP contribution < -0.4 is 5.32 Å². The summed E-state index contributed by atoms with van der Waals surface area (Å²) in [6.45, 7) is 2.67. The van der Waals surface area contributed by atoms with Crippen molar-refractivity contribution in [3.63, 3.8) is 0 Å². The van der Waals surface area contributed by atoms with E-state index in [4.69, 9.17) is 0 Å². The van der Waals surface area contributed by atoms with Crippen LogP contribution in [0.2, 0.25) is 0 Å². The number of hydrogen-bond acceptors (Lipinski definition) is 3. The fraction of sp³-hybridized carbons (Fsp3) is 0.278. The van der Waals surface area contributed by atoms with Crippen LogP contribution in [0.4, 0.5) is 0 Å². The Morgan fingerprint density at radius 2 is 2.13 bits per heavy atom. The van der Waals surface area contributed by atoms with Crippen LogP contribution in [0.25, 0.3) is 11.3 Å². The van der Waals surface area contributed by atoms with Gasteiger partial charge in [-0.2, -0.15) is 0 Å². The molecule has 1 aliphatic rings. The first-order chi connectivity index (χ1) is 11.1. The van der Waals surface area contributed by atoms with Crippen molar-refractivity contribution in [2.75, 3.05) is 13.6 Å². The van der Waals surface area contributed by atoms with Crippen LogP contribution in [-0.2, 0) is 4.79 Å². The molecule has 5 heteroatoms. The van der Waals surface area contributed by atoms with Crippen LogP contribution in [0.1, 0.15) is 22.3 Å². The summed E-state index contributed by atoms with van der Waals surface area (Å²) in [7, 11) is 1.75. The number of benzene rings is 1. The predicted octanol–water partition coefficient (Wildman–Crippen LogP) is 2.02. The Balaban J connectivity index is 1.81. The van der Waals surface area contributed by atoms with Crippen molar-refractivity contribution < 1.29 is 9.59 Å². The summed E-state index contributed by atoms with van der Waals surface area (Å²) in [6.07, 6.45) is 2.39. The SMILES string of the molecule is Cc1cccnc1-c1cccc(C(=O)N[C@@H]2CCN(C)C2=O)c1. The third-order valence-corrected chi connectivity index (χ3v) is 4.14. The van der Waals surface area contributed by atoms with Gasteiger partial charge in [0.1, 0.15) is 6.04 Å². The van der Waals surface area contributed by atoms with Crippen LogP contribution >= 0.6 is 0 Å². The number of nitrogens with zero attached hydrogens (tertiary/aromatic N) is 2. The summed E-state index contributed by atoms with van der Waals surface area (Å²) in [5.41, 5.74) is 3.34. The Labute approximate surface area is 135 Å². The molecular formula is C18H19N3O2. The van der Waals surface area contributed by atoms with E-state index in [-0.39, 0.29) is 11.8 Å². The summed E-state index contributed by atoms with van der Waals surface area (Å²) in [5.74, 6) is -0.260. The van der Waals surface area contributed by atoms with Gasteiger partial charge in [0.25, 0.3) is 5.91 Å². The molecule has 1 fully saturated rings. The van der Waals surface area contributed by atoms with E-state index >= 15 is 0 Å². The molecule has 5 nitrogen and oxygen atoms in total. The average molecular weight is 309 g/mol. The molecule has 23 heavy (non-hydrogen) atoms. The molecule has 2 aromatic rings. The van der Waals surface area contributed by atoms with E-state index < -0.39 is 6.04 Å². The van der Waals surface area contributed by atoms with Crippen LogP contribution in [0.5, 0.6) is 0 Å². The quantitative estimate of drug-likeness (QED) is 0.943. The predicted molar refractivity (Wildman–Crippen MR) is 87.9 cm³/mol. The van der Waals surface area contributed by atoms with Crippen LogP contribution in [-0.4, -0.2) is 41.3 Å². The average Bonchev–Trinajstić information content (AvgIpc) is 2.87. The molecule has 0 radical (unpaired) electrons. The van der Waals surface area contributed by atoms with E-state index in [1.54, 1.807) is 24.2 Å². The highest BCUT2D eigenvalue weighted by Gasteiger charge is 2.30. The maximum atomic E-state index is 12.4. The van der Waals surface area contributed by atoms with Crippen LogP contribution in [0.3, 0.4) is 0 Å². The first kappa shape index (κ1) is 15.2. The van der Waals surface area contributed by atoms with Crippen LogP contribution in [0, 0.1) is 6.92 Å². The summed E-state index contributed by atoms with van der Waals surface area (Å²) in [5, 5.41) is 2.82. The number of aryl methyl sites for hydroxylation is 1. The lowest BCUT2D eigenvalue weighted by molar-refractivity contribution is -0.128. The molecule has 0 saturated carbocycles. The number of hydrogen-bond donors (Lipinski definition) is 1. The molecule has 2 amide bonds. The lowest BCUT2D eigenvalue weighted by atomic mass is 10.0. The van der Waals surface area contributed by atoms with E-state index in [2.05, 4.69) is 10.3 Å². The number of likely N-dealkylation sites (N-methyl/N-ethyl adjacent to an activating group) is 1. The number of pyridine rings is 1. The number of carbonyl (C=O) groups excluding carboxylic acids is 2. The Morgan fingerprint density at radius 3 is 2.83 bits per heavy atom. The third kappa shape index (κ3) is 3.08. The molecule has 0 bridgehead atoms. The second-order valence-electron chi connectivity index (χ2n) is 5.82. The van der Waals surface area contributed by atoms with Crippen molar-refractivity contribution in [2.24, 2.45) is 0 Å². The van der Waals surface area contributed by atoms with Gasteiger partial charge in [-0.1, -0.05) is 18.2 Å². The number of nitrogens with one attached hydrogen (secondary N) is 1. The zero-order valence-corrected chi connectivity index (χ0v) is 13.2. The smallest absolute Gasteiger partial charge is 0.251 e. The second-order valence-corrected chi connectivity index (χ2v) is 5.82. The fourth-order valence-electron chi connectivity index (χ4n) is 2.79. The summed E-state index contributed by atoms with van der Waals surface area (Å²) in [4.78, 5) is 30.3. The Kier molecular flexibility index (Phi) is 4.10. The monoisotopic (exact) mass is 309 g/mol. The standard InChI is InChI=1S/C18H19N3O2/c1-12-5-4-9-19-16(12)13-6-3-7-14(11-13)17(22)20-15-8-10-21(2)18(15)23/h3-7,9,11,15H,8,10H2,1-2H3,(H,20,22)/t15-/m1/s1. The van der Waals surface area contributed by atoms with Crippen molar-refractivity contribution in [3.05, 3.63) is 53.7 Å². The van der Waals surface area contributed by atoms with E-state index in [0.29, 0.717) is 18.5 Å². The lowest BCUT2D eigenvalue weighted by Crippen LogP contribution is -2.40. The van der Waals surface area contributed by atoms with Crippen molar-refractivity contribution in [1.29, 1.82) is 0 Å². The van der Waals surface area contributed by atoms with Gasteiger partial charge in [-0.05, 0) is 37.1 Å². The van der Waals surface area contributed by atoms with Crippen molar-refractivity contribution in [2.45, 2.75) is 19.4 Å². The van der Waals surface area contributed by atoms with Gasteiger partial charge in [-0.3, -0.25) is 14.6 Å². The van der Waals surface area contributed by atoms with Crippen molar-refractivity contribution >= 4 is 11.8 Å². The minimum absolute atomic E-state index is 0.0323. The van der Waals surface area contributed by atoms with Gasteiger partial charge in [0.15, 0.2) is 0 Å². The number of amides is 2. The topological polar surface area (TPSA) is 62.3 Å². The summed E-state index contributed by atoms with van der Waals surface area (Å²) >= 11 is 0. The normalized spacial score (nSPS) is 17.4. The van der Waals surface area contributed by atoms with Crippen molar-refractivity contribution in [3.8, 4) is 11.3 Å². The van der Waals surface area contributed by atoms with Gasteiger partial charge in [-0.15, -0.1) is 0 Å². The van der Waals surface area contributed by atoms with Gasteiger partial charge in [0, 0.05) is 30.9 Å². The highest BCUT2D eigenvalue weighted by atomic mass is 16.2. The molecule has 2 heterocycles. The van der Waals surface area contributed by atoms with Gasteiger partial charge < -0.3 is 10.2 Å². The minimum Gasteiger partial charge on any atom is -0.344 e. The fourth-order valence-corrected chi connectivity index (χ4v) is 2.79. The minimum atomic E-state index is -0.423. The summed E-state index contributed by atoms with van der Waals surface area (Å²) in [6, 6.07) is 10.8. The molecule has 1 aromatic heterocycles. The molecule has 118 valence electrons. The van der Waals surface area contributed by atoms with E-state index in [9.17, 15) is 9.59 Å². The molecular weight excluding hydrogens is 290 g/mol. The highest BCUT2D eigenvalue weighted by Crippen LogP contribution is 2.21. The second kappa shape index (κ2) is 6.20. The molecule has 1 aromatic carbocycles. The van der Waals surface area contributed by atoms with Crippen molar-refractivity contribution in [1.82, 2.24) is 15.2 Å². The maximum absolute atomic E-state index is 12.4. The highest BCUT2D eigenvalue weighted by molar-refractivity contribution is 5.98. The summed E-state index contributed by atoms with van der Waals surface area (Å²) < 4.78 is 0.